The van der Waals surface area contributed by atoms with E-state index in [9.17, 15) is 18.0 Å². The van der Waals surface area contributed by atoms with E-state index >= 15 is 0 Å². The summed E-state index contributed by atoms with van der Waals surface area (Å²) in [5.74, 6) is -1.85. The van der Waals surface area contributed by atoms with Gasteiger partial charge < -0.3 is 5.32 Å². The first kappa shape index (κ1) is 16.5. The minimum atomic E-state index is -4.43. The monoisotopic (exact) mass is 338 g/mol. The number of halogens is 3. The number of alkyl halides is 3. The minimum Gasteiger partial charge on any atom is -0.354 e. The minimum absolute atomic E-state index is 0.127. The Morgan fingerprint density at radius 3 is 2.62 bits per heavy atom. The summed E-state index contributed by atoms with van der Waals surface area (Å²) in [6.07, 6.45) is -0.624. The summed E-state index contributed by atoms with van der Waals surface area (Å²) < 4.78 is 41.0. The van der Waals surface area contributed by atoms with Crippen LogP contribution in [0.25, 0.3) is 0 Å². The molecule has 1 saturated carbocycles. The number of nitrogens with one attached hydrogen (secondary N) is 1. The zero-order valence-electron chi connectivity index (χ0n) is 12.8. The SMILES string of the molecule is O=C(Cn1cc(C2CC2)nn1)NC[C@H](c1ccccc1)C(F)(F)F. The average molecular weight is 338 g/mol. The van der Waals surface area contributed by atoms with Gasteiger partial charge in [0.15, 0.2) is 0 Å². The van der Waals surface area contributed by atoms with Gasteiger partial charge in [0.1, 0.15) is 6.54 Å². The van der Waals surface area contributed by atoms with Crippen LogP contribution in [0.5, 0.6) is 0 Å². The highest BCUT2D eigenvalue weighted by Gasteiger charge is 2.40. The number of hydrogen-bond donors (Lipinski definition) is 1. The lowest BCUT2D eigenvalue weighted by Gasteiger charge is -2.21. The van der Waals surface area contributed by atoms with Crippen molar-refractivity contribution in [3.8, 4) is 0 Å². The maximum atomic E-state index is 13.2. The fourth-order valence-electron chi connectivity index (χ4n) is 2.48. The normalized spacial score (nSPS) is 16.0. The van der Waals surface area contributed by atoms with E-state index in [2.05, 4.69) is 15.6 Å². The predicted molar refractivity (Wildman–Crippen MR) is 80.2 cm³/mol. The molecule has 1 aliphatic rings. The van der Waals surface area contributed by atoms with E-state index in [0.29, 0.717) is 5.92 Å². The van der Waals surface area contributed by atoms with Gasteiger partial charge in [0.25, 0.3) is 0 Å². The molecule has 1 atom stereocenters. The number of hydrogen-bond acceptors (Lipinski definition) is 3. The van der Waals surface area contributed by atoms with E-state index in [-0.39, 0.29) is 12.1 Å². The molecule has 0 radical (unpaired) electrons. The van der Waals surface area contributed by atoms with Crippen molar-refractivity contribution in [2.75, 3.05) is 6.54 Å². The topological polar surface area (TPSA) is 59.8 Å². The lowest BCUT2D eigenvalue weighted by molar-refractivity contribution is -0.150. The summed E-state index contributed by atoms with van der Waals surface area (Å²) in [7, 11) is 0. The molecule has 1 aliphatic carbocycles. The largest absolute Gasteiger partial charge is 0.397 e. The van der Waals surface area contributed by atoms with E-state index in [1.165, 1.54) is 16.8 Å². The zero-order valence-corrected chi connectivity index (χ0v) is 12.8. The zero-order chi connectivity index (χ0) is 17.2. The predicted octanol–water partition coefficient (Wildman–Crippen LogP) is 2.62. The maximum Gasteiger partial charge on any atom is 0.397 e. The summed E-state index contributed by atoms with van der Waals surface area (Å²) in [4.78, 5) is 11.9. The second kappa shape index (κ2) is 6.62. The van der Waals surface area contributed by atoms with Crippen LogP contribution in [0.4, 0.5) is 13.2 Å². The molecule has 5 nitrogen and oxygen atoms in total. The Bertz CT molecular complexity index is 695. The third kappa shape index (κ3) is 4.12. The summed E-state index contributed by atoms with van der Waals surface area (Å²) in [6, 6.07) is 7.56. The molecule has 128 valence electrons. The number of amides is 1. The molecule has 1 heterocycles. The van der Waals surface area contributed by atoms with Crippen LogP contribution in [0.15, 0.2) is 36.5 Å². The Hall–Kier alpha value is -2.38. The molecule has 1 amide bonds. The quantitative estimate of drug-likeness (QED) is 0.881. The number of benzene rings is 1. The van der Waals surface area contributed by atoms with Gasteiger partial charge in [0.2, 0.25) is 5.91 Å². The molecule has 1 fully saturated rings. The molecule has 0 bridgehead atoms. The first-order valence-electron chi connectivity index (χ1n) is 7.72. The third-order valence-electron chi connectivity index (χ3n) is 3.96. The molecule has 2 aromatic rings. The maximum absolute atomic E-state index is 13.2. The molecule has 0 unspecified atom stereocenters. The van der Waals surface area contributed by atoms with Crippen LogP contribution in [-0.2, 0) is 11.3 Å². The van der Waals surface area contributed by atoms with Crippen molar-refractivity contribution in [3.63, 3.8) is 0 Å². The van der Waals surface area contributed by atoms with Gasteiger partial charge in [-0.05, 0) is 18.4 Å². The van der Waals surface area contributed by atoms with Gasteiger partial charge >= 0.3 is 6.18 Å². The van der Waals surface area contributed by atoms with Crippen LogP contribution in [0.3, 0.4) is 0 Å². The highest BCUT2D eigenvalue weighted by Crippen LogP contribution is 2.38. The molecule has 8 heteroatoms. The number of nitrogens with zero attached hydrogens (tertiary/aromatic N) is 3. The van der Waals surface area contributed by atoms with Crippen molar-refractivity contribution >= 4 is 5.91 Å². The molecular formula is C16H17F3N4O. The van der Waals surface area contributed by atoms with Crippen LogP contribution in [0, 0.1) is 0 Å². The molecule has 1 aromatic heterocycles. The first-order chi connectivity index (χ1) is 11.4. The summed E-state index contributed by atoms with van der Waals surface area (Å²) in [6.45, 7) is -0.643. The average Bonchev–Trinajstić information content (AvgIpc) is 3.28. The van der Waals surface area contributed by atoms with Crippen LogP contribution in [0.2, 0.25) is 0 Å². The van der Waals surface area contributed by atoms with E-state index in [0.717, 1.165) is 18.5 Å². The lowest BCUT2D eigenvalue weighted by atomic mass is 9.98. The number of aromatic nitrogens is 3. The number of carbonyl (C=O) groups excluding carboxylic acids is 1. The first-order valence-corrected chi connectivity index (χ1v) is 7.72. The Kier molecular flexibility index (Phi) is 4.55. The van der Waals surface area contributed by atoms with Crippen molar-refractivity contribution < 1.29 is 18.0 Å². The fraction of sp³-hybridized carbons (Fsp3) is 0.438. The molecule has 0 aliphatic heterocycles. The van der Waals surface area contributed by atoms with Crippen molar-refractivity contribution in [1.29, 1.82) is 0 Å². The molecular weight excluding hydrogens is 321 g/mol. The highest BCUT2D eigenvalue weighted by atomic mass is 19.4. The van der Waals surface area contributed by atoms with Crippen LogP contribution in [-0.4, -0.2) is 33.6 Å². The van der Waals surface area contributed by atoms with Gasteiger partial charge in [-0.1, -0.05) is 35.5 Å². The summed E-state index contributed by atoms with van der Waals surface area (Å²) in [5.41, 5.74) is 0.960. The third-order valence-corrected chi connectivity index (χ3v) is 3.96. The summed E-state index contributed by atoms with van der Waals surface area (Å²) >= 11 is 0. The molecule has 0 saturated heterocycles. The van der Waals surface area contributed by atoms with Crippen molar-refractivity contribution in [3.05, 3.63) is 47.8 Å². The molecule has 0 spiro atoms. The Labute approximate surface area is 136 Å². The Morgan fingerprint density at radius 1 is 1.29 bits per heavy atom. The Morgan fingerprint density at radius 2 is 2.00 bits per heavy atom. The van der Waals surface area contributed by atoms with Crippen LogP contribution >= 0.6 is 0 Å². The lowest BCUT2D eigenvalue weighted by Crippen LogP contribution is -2.36. The molecule has 3 rings (SSSR count). The second-order valence-electron chi connectivity index (χ2n) is 5.92. The molecule has 1 aromatic carbocycles. The van der Waals surface area contributed by atoms with Gasteiger partial charge in [-0.2, -0.15) is 13.2 Å². The Balaban J connectivity index is 1.58. The van der Waals surface area contributed by atoms with E-state index in [1.54, 1.807) is 24.4 Å². The van der Waals surface area contributed by atoms with Crippen molar-refractivity contribution in [2.45, 2.75) is 37.4 Å². The smallest absolute Gasteiger partial charge is 0.354 e. The standard InChI is InChI=1S/C16H17F3N4O/c17-16(18,19)13(11-4-2-1-3-5-11)8-20-15(24)10-23-9-14(21-22-23)12-6-7-12/h1-5,9,12-13H,6-8,10H2,(H,20,24)/t13-/m1/s1. The van der Waals surface area contributed by atoms with Gasteiger partial charge in [0, 0.05) is 18.7 Å². The van der Waals surface area contributed by atoms with Crippen molar-refractivity contribution in [1.82, 2.24) is 20.3 Å². The van der Waals surface area contributed by atoms with Crippen molar-refractivity contribution in [2.24, 2.45) is 0 Å². The number of carbonyl (C=O) groups is 1. The van der Waals surface area contributed by atoms with Gasteiger partial charge in [-0.15, -0.1) is 5.10 Å². The second-order valence-corrected chi connectivity index (χ2v) is 5.92. The summed E-state index contributed by atoms with van der Waals surface area (Å²) in [5, 5.41) is 10.1. The molecule has 24 heavy (non-hydrogen) atoms. The van der Waals surface area contributed by atoms with Gasteiger partial charge in [0.05, 0.1) is 11.6 Å². The van der Waals surface area contributed by atoms with E-state index < -0.39 is 24.5 Å². The van der Waals surface area contributed by atoms with Gasteiger partial charge in [-0.25, -0.2) is 4.68 Å². The van der Waals surface area contributed by atoms with Crippen LogP contribution in [0.1, 0.15) is 35.9 Å². The van der Waals surface area contributed by atoms with E-state index in [1.807, 2.05) is 0 Å². The molecule has 1 N–H and O–H groups in total. The van der Waals surface area contributed by atoms with Crippen LogP contribution < -0.4 is 5.32 Å². The van der Waals surface area contributed by atoms with Gasteiger partial charge in [-0.3, -0.25) is 4.79 Å². The highest BCUT2D eigenvalue weighted by molar-refractivity contribution is 5.75. The number of rotatable bonds is 6. The van der Waals surface area contributed by atoms with E-state index in [4.69, 9.17) is 0 Å². The fourth-order valence-corrected chi connectivity index (χ4v) is 2.48.